The average molecular weight is 375 g/mol. The van der Waals surface area contributed by atoms with Gasteiger partial charge in [0, 0.05) is 29.7 Å². The maximum absolute atomic E-state index is 12.6. The van der Waals surface area contributed by atoms with E-state index in [1.165, 1.54) is 18.2 Å². The van der Waals surface area contributed by atoms with E-state index in [9.17, 15) is 14.9 Å². The van der Waals surface area contributed by atoms with Crippen molar-refractivity contribution in [2.45, 2.75) is 19.8 Å². The summed E-state index contributed by atoms with van der Waals surface area (Å²) in [5.41, 5.74) is 0.372. The van der Waals surface area contributed by atoms with Gasteiger partial charge >= 0.3 is 5.69 Å². The molecule has 3 rings (SSSR count). The lowest BCUT2D eigenvalue weighted by molar-refractivity contribution is -0.385. The third-order valence-electron chi connectivity index (χ3n) is 4.39. The smallest absolute Gasteiger partial charge is 0.313 e. The van der Waals surface area contributed by atoms with Crippen molar-refractivity contribution in [1.29, 1.82) is 0 Å². The van der Waals surface area contributed by atoms with Gasteiger partial charge in [0.2, 0.25) is 5.75 Å². The molecule has 136 valence electrons. The molecular weight excluding hydrogens is 356 g/mol. The van der Waals surface area contributed by atoms with Crippen LogP contribution in [0.2, 0.25) is 5.02 Å². The number of piperidine rings is 1. The highest BCUT2D eigenvalue weighted by molar-refractivity contribution is 6.30. The predicted octanol–water partition coefficient (Wildman–Crippen LogP) is 4.91. The van der Waals surface area contributed by atoms with E-state index in [4.69, 9.17) is 16.3 Å². The molecule has 2 aromatic rings. The van der Waals surface area contributed by atoms with E-state index in [1.54, 1.807) is 24.3 Å². The monoisotopic (exact) mass is 374 g/mol. The van der Waals surface area contributed by atoms with Crippen molar-refractivity contribution in [3.63, 3.8) is 0 Å². The summed E-state index contributed by atoms with van der Waals surface area (Å²) in [7, 11) is 0. The molecule has 0 aromatic heterocycles. The molecule has 1 amide bonds. The number of carbonyl (C=O) groups is 1. The normalized spacial score (nSPS) is 17.0. The van der Waals surface area contributed by atoms with Crippen LogP contribution in [0.3, 0.4) is 0 Å². The van der Waals surface area contributed by atoms with Gasteiger partial charge in [-0.1, -0.05) is 18.5 Å². The third kappa shape index (κ3) is 4.14. The number of amides is 1. The van der Waals surface area contributed by atoms with E-state index >= 15 is 0 Å². The Labute approximate surface area is 156 Å². The topological polar surface area (TPSA) is 72.7 Å². The Morgan fingerprint density at radius 3 is 2.65 bits per heavy atom. The maximum atomic E-state index is 12.6. The number of carbonyl (C=O) groups excluding carboxylic acids is 1. The largest absolute Gasteiger partial charge is 0.450 e. The Hall–Kier alpha value is -2.60. The summed E-state index contributed by atoms with van der Waals surface area (Å²) < 4.78 is 5.60. The number of halogens is 1. The van der Waals surface area contributed by atoms with E-state index in [0.717, 1.165) is 25.9 Å². The highest BCUT2D eigenvalue weighted by atomic mass is 35.5. The van der Waals surface area contributed by atoms with Crippen molar-refractivity contribution < 1.29 is 14.5 Å². The fraction of sp³-hybridized carbons (Fsp3) is 0.316. The van der Waals surface area contributed by atoms with Crippen LogP contribution in [0, 0.1) is 16.0 Å². The molecule has 0 spiro atoms. The molecule has 1 aliphatic rings. The van der Waals surface area contributed by atoms with Gasteiger partial charge in [-0.15, -0.1) is 0 Å². The van der Waals surface area contributed by atoms with Gasteiger partial charge in [-0.05, 0) is 55.2 Å². The van der Waals surface area contributed by atoms with E-state index in [2.05, 4.69) is 6.92 Å². The predicted molar refractivity (Wildman–Crippen MR) is 98.9 cm³/mol. The molecule has 2 aromatic carbocycles. The second-order valence-corrected chi connectivity index (χ2v) is 6.93. The van der Waals surface area contributed by atoms with Crippen LogP contribution < -0.4 is 4.74 Å². The number of nitro benzene ring substituents is 1. The summed E-state index contributed by atoms with van der Waals surface area (Å²) in [5.74, 6) is 1.03. The summed E-state index contributed by atoms with van der Waals surface area (Å²) in [4.78, 5) is 25.0. The Bertz CT molecular complexity index is 823. The second kappa shape index (κ2) is 7.74. The lowest BCUT2D eigenvalue weighted by Gasteiger charge is -2.31. The molecule has 1 atom stereocenters. The second-order valence-electron chi connectivity index (χ2n) is 6.49. The van der Waals surface area contributed by atoms with Crippen LogP contribution in [0.15, 0.2) is 42.5 Å². The van der Waals surface area contributed by atoms with Gasteiger partial charge in [-0.2, -0.15) is 0 Å². The van der Waals surface area contributed by atoms with Crippen molar-refractivity contribution in [3.8, 4) is 11.5 Å². The number of nitrogens with zero attached hydrogens (tertiary/aromatic N) is 2. The fourth-order valence-corrected chi connectivity index (χ4v) is 3.23. The molecule has 1 aliphatic heterocycles. The van der Waals surface area contributed by atoms with Gasteiger partial charge < -0.3 is 9.64 Å². The number of ether oxygens (including phenoxy) is 1. The van der Waals surface area contributed by atoms with Crippen molar-refractivity contribution in [3.05, 3.63) is 63.2 Å². The van der Waals surface area contributed by atoms with E-state index in [1.807, 2.05) is 4.90 Å². The summed E-state index contributed by atoms with van der Waals surface area (Å²) in [6.45, 7) is 3.70. The van der Waals surface area contributed by atoms with Crippen molar-refractivity contribution in [2.75, 3.05) is 13.1 Å². The molecular formula is C19H19ClN2O4. The van der Waals surface area contributed by atoms with Crippen LogP contribution in [0.5, 0.6) is 11.5 Å². The summed E-state index contributed by atoms with van der Waals surface area (Å²) in [5, 5.41) is 11.4. The quantitative estimate of drug-likeness (QED) is 0.562. The maximum Gasteiger partial charge on any atom is 0.313 e. The van der Waals surface area contributed by atoms with Crippen LogP contribution in [-0.4, -0.2) is 28.8 Å². The Morgan fingerprint density at radius 2 is 2.00 bits per heavy atom. The Morgan fingerprint density at radius 1 is 1.27 bits per heavy atom. The first kappa shape index (κ1) is 18.2. The Balaban J connectivity index is 1.74. The van der Waals surface area contributed by atoms with Crippen molar-refractivity contribution in [2.24, 2.45) is 5.92 Å². The molecule has 1 unspecified atom stereocenters. The minimum absolute atomic E-state index is 0.000531. The van der Waals surface area contributed by atoms with Gasteiger partial charge in [-0.3, -0.25) is 14.9 Å². The van der Waals surface area contributed by atoms with E-state index in [-0.39, 0.29) is 22.4 Å². The van der Waals surface area contributed by atoms with Gasteiger partial charge in [0.15, 0.2) is 0 Å². The molecule has 0 saturated carbocycles. The third-order valence-corrected chi connectivity index (χ3v) is 4.63. The molecule has 26 heavy (non-hydrogen) atoms. The zero-order valence-corrected chi connectivity index (χ0v) is 15.1. The van der Waals surface area contributed by atoms with Gasteiger partial charge in [0.05, 0.1) is 4.92 Å². The SMILES string of the molecule is CC1CCCN(C(=O)c2ccc(Oc3ccc(Cl)cc3[N+](=O)[O-])cc2)C1. The number of rotatable bonds is 4. The number of likely N-dealkylation sites (tertiary alicyclic amines) is 1. The lowest BCUT2D eigenvalue weighted by Crippen LogP contribution is -2.39. The fourth-order valence-electron chi connectivity index (χ4n) is 3.07. The van der Waals surface area contributed by atoms with Crippen LogP contribution in [0.25, 0.3) is 0 Å². The first-order chi connectivity index (χ1) is 12.4. The molecule has 1 saturated heterocycles. The van der Waals surface area contributed by atoms with Gasteiger partial charge in [0.1, 0.15) is 5.75 Å². The first-order valence-corrected chi connectivity index (χ1v) is 8.83. The van der Waals surface area contributed by atoms with Crippen LogP contribution >= 0.6 is 11.6 Å². The summed E-state index contributed by atoms with van der Waals surface area (Å²) in [6, 6.07) is 10.9. The summed E-state index contributed by atoms with van der Waals surface area (Å²) in [6.07, 6.45) is 2.17. The van der Waals surface area contributed by atoms with Crippen molar-refractivity contribution >= 4 is 23.2 Å². The molecule has 7 heteroatoms. The number of hydrogen-bond donors (Lipinski definition) is 0. The van der Waals surface area contributed by atoms with Crippen LogP contribution in [0.4, 0.5) is 5.69 Å². The summed E-state index contributed by atoms with van der Waals surface area (Å²) >= 11 is 5.80. The number of hydrogen-bond acceptors (Lipinski definition) is 4. The first-order valence-electron chi connectivity index (χ1n) is 8.45. The van der Waals surface area contributed by atoms with E-state index < -0.39 is 4.92 Å². The molecule has 0 radical (unpaired) electrons. The minimum Gasteiger partial charge on any atom is -0.450 e. The van der Waals surface area contributed by atoms with Crippen molar-refractivity contribution in [1.82, 2.24) is 4.90 Å². The van der Waals surface area contributed by atoms with E-state index in [0.29, 0.717) is 17.2 Å². The highest BCUT2D eigenvalue weighted by Gasteiger charge is 2.22. The molecule has 0 bridgehead atoms. The average Bonchev–Trinajstić information content (AvgIpc) is 2.63. The minimum atomic E-state index is -0.545. The zero-order chi connectivity index (χ0) is 18.7. The van der Waals surface area contributed by atoms with Gasteiger partial charge in [-0.25, -0.2) is 0 Å². The van der Waals surface area contributed by atoms with Crippen LogP contribution in [0.1, 0.15) is 30.1 Å². The molecule has 1 fully saturated rings. The molecule has 1 heterocycles. The Kier molecular flexibility index (Phi) is 5.42. The molecule has 0 N–H and O–H groups in total. The molecule has 0 aliphatic carbocycles. The van der Waals surface area contributed by atoms with Gasteiger partial charge in [0.25, 0.3) is 5.91 Å². The lowest BCUT2D eigenvalue weighted by atomic mass is 9.99. The molecule has 6 nitrogen and oxygen atoms in total. The standard InChI is InChI=1S/C19H19ClN2O4/c1-13-3-2-10-21(12-13)19(23)14-4-7-16(8-5-14)26-18-9-6-15(20)11-17(18)22(24)25/h4-9,11,13H,2-3,10,12H2,1H3. The zero-order valence-electron chi connectivity index (χ0n) is 14.4. The number of benzene rings is 2. The number of nitro groups is 1. The van der Waals surface area contributed by atoms with Crippen LogP contribution in [-0.2, 0) is 0 Å². The highest BCUT2D eigenvalue weighted by Crippen LogP contribution is 2.33.